The minimum Gasteiger partial charge on any atom is -0.493 e. The zero-order valence-corrected chi connectivity index (χ0v) is 15.7. The molecule has 0 saturated carbocycles. The van der Waals surface area contributed by atoms with Crippen LogP contribution in [0.4, 0.5) is 0 Å². The fourth-order valence-corrected chi connectivity index (χ4v) is 2.54. The molecule has 0 fully saturated rings. The van der Waals surface area contributed by atoms with Crippen molar-refractivity contribution in [3.63, 3.8) is 0 Å². The third-order valence-corrected chi connectivity index (χ3v) is 3.83. The van der Waals surface area contributed by atoms with Gasteiger partial charge in [-0.1, -0.05) is 19.9 Å². The van der Waals surface area contributed by atoms with E-state index in [1.807, 2.05) is 52.8 Å². The number of hydrogen-bond acceptors (Lipinski definition) is 5. The fraction of sp³-hybridized carbons (Fsp3) is 0.611. The highest BCUT2D eigenvalue weighted by molar-refractivity contribution is 7.95. The summed E-state index contributed by atoms with van der Waals surface area (Å²) in [7, 11) is 1.61. The number of ether oxygens (including phenoxy) is 2. The van der Waals surface area contributed by atoms with Gasteiger partial charge in [0.1, 0.15) is 0 Å². The van der Waals surface area contributed by atoms with Gasteiger partial charge >= 0.3 is 0 Å². The largest absolute Gasteiger partial charge is 0.493 e. The van der Waals surface area contributed by atoms with Gasteiger partial charge in [0.05, 0.1) is 49.1 Å². The molecule has 0 bridgehead atoms. The number of nitrogens with zero attached hydrogens (tertiary/aromatic N) is 1. The monoisotopic (exact) mass is 337 g/mol. The van der Waals surface area contributed by atoms with Gasteiger partial charge in [-0.3, -0.25) is 0 Å². The van der Waals surface area contributed by atoms with Gasteiger partial charge in [0.2, 0.25) is 0 Å². The molecule has 1 atom stereocenters. The summed E-state index contributed by atoms with van der Waals surface area (Å²) in [4.78, 5) is 0. The second-order valence-electron chi connectivity index (χ2n) is 6.63. The molecule has 0 N–H and O–H groups in total. The van der Waals surface area contributed by atoms with Crippen molar-refractivity contribution >= 4 is 12.0 Å². The van der Waals surface area contributed by atoms with Crippen LogP contribution in [0, 0.1) is 17.2 Å². The molecule has 0 aromatic heterocycles. The Morgan fingerprint density at radius 1 is 1.22 bits per heavy atom. The summed E-state index contributed by atoms with van der Waals surface area (Å²) in [5.74, 6) is 2.14. The normalized spacial score (nSPS) is 12.8. The molecule has 0 amide bonds. The molecule has 0 aliphatic rings. The number of rotatable bonds is 8. The summed E-state index contributed by atoms with van der Waals surface area (Å²) >= 11 is 1.33. The third kappa shape index (κ3) is 6.72. The van der Waals surface area contributed by atoms with Crippen LogP contribution in [0.15, 0.2) is 18.2 Å². The summed E-state index contributed by atoms with van der Waals surface area (Å²) in [6.07, 6.45) is 0. The van der Waals surface area contributed by atoms with Crippen LogP contribution >= 0.6 is 12.0 Å². The quantitative estimate of drug-likeness (QED) is 0.504. The number of benzene rings is 1. The minimum atomic E-state index is -0.147. The van der Waals surface area contributed by atoms with E-state index in [-0.39, 0.29) is 17.4 Å². The standard InChI is InChI=1S/C18H27NO3S/c1-13(2)15(12-19)14-7-8-16(17(11-14)20-6)22-23-10-9-21-18(3,4)5/h7-8,11,13,15H,9-10H2,1-6H3. The Balaban J connectivity index is 2.65. The zero-order chi connectivity index (χ0) is 17.5. The Kier molecular flexibility index (Phi) is 7.74. The van der Waals surface area contributed by atoms with Gasteiger partial charge in [0, 0.05) is 0 Å². The Morgan fingerprint density at radius 3 is 2.43 bits per heavy atom. The number of methoxy groups -OCH3 is 1. The molecule has 128 valence electrons. The van der Waals surface area contributed by atoms with Crippen LogP contribution in [0.5, 0.6) is 11.5 Å². The summed E-state index contributed by atoms with van der Waals surface area (Å²) in [6.45, 7) is 10.8. The molecule has 0 heterocycles. The van der Waals surface area contributed by atoms with Crippen LogP contribution in [-0.2, 0) is 4.74 Å². The van der Waals surface area contributed by atoms with E-state index >= 15 is 0 Å². The highest BCUT2D eigenvalue weighted by Gasteiger charge is 2.17. The first-order valence-electron chi connectivity index (χ1n) is 7.79. The molecule has 1 rings (SSSR count). The van der Waals surface area contributed by atoms with E-state index in [1.165, 1.54) is 12.0 Å². The van der Waals surface area contributed by atoms with E-state index in [4.69, 9.17) is 13.7 Å². The average Bonchev–Trinajstić information content (AvgIpc) is 2.47. The second kappa shape index (κ2) is 9.05. The Morgan fingerprint density at radius 2 is 1.91 bits per heavy atom. The highest BCUT2D eigenvalue weighted by atomic mass is 32.2. The third-order valence-electron chi connectivity index (χ3n) is 3.20. The Hall–Kier alpha value is -1.38. The van der Waals surface area contributed by atoms with Gasteiger partial charge in [0.15, 0.2) is 11.5 Å². The van der Waals surface area contributed by atoms with Crippen molar-refractivity contribution in [2.24, 2.45) is 5.92 Å². The van der Waals surface area contributed by atoms with Gasteiger partial charge < -0.3 is 13.7 Å². The molecule has 0 aliphatic heterocycles. The molecular formula is C18H27NO3S. The van der Waals surface area contributed by atoms with Crippen LogP contribution in [0.2, 0.25) is 0 Å². The lowest BCUT2D eigenvalue weighted by Gasteiger charge is -2.19. The van der Waals surface area contributed by atoms with Crippen molar-refractivity contribution < 1.29 is 13.7 Å². The summed E-state index contributed by atoms with van der Waals surface area (Å²) in [5.41, 5.74) is 0.816. The van der Waals surface area contributed by atoms with Crippen molar-refractivity contribution in [1.82, 2.24) is 0 Å². The number of hydrogen-bond donors (Lipinski definition) is 0. The van der Waals surface area contributed by atoms with E-state index < -0.39 is 0 Å². The lowest BCUT2D eigenvalue weighted by molar-refractivity contribution is 0.00674. The van der Waals surface area contributed by atoms with Crippen LogP contribution < -0.4 is 8.92 Å². The SMILES string of the molecule is COc1cc(C(C#N)C(C)C)ccc1OSCCOC(C)(C)C. The lowest BCUT2D eigenvalue weighted by Crippen LogP contribution is -2.20. The summed E-state index contributed by atoms with van der Waals surface area (Å²) < 4.78 is 16.7. The van der Waals surface area contributed by atoms with Crippen molar-refractivity contribution in [3.8, 4) is 17.6 Å². The zero-order valence-electron chi connectivity index (χ0n) is 14.9. The summed E-state index contributed by atoms with van der Waals surface area (Å²) in [5, 5.41) is 9.31. The number of nitriles is 1. The van der Waals surface area contributed by atoms with Crippen molar-refractivity contribution in [2.75, 3.05) is 19.5 Å². The van der Waals surface area contributed by atoms with Crippen LogP contribution in [0.3, 0.4) is 0 Å². The van der Waals surface area contributed by atoms with Gasteiger partial charge in [-0.25, -0.2) is 0 Å². The topological polar surface area (TPSA) is 51.5 Å². The van der Waals surface area contributed by atoms with Crippen molar-refractivity contribution in [1.29, 1.82) is 5.26 Å². The molecule has 1 aromatic carbocycles. The van der Waals surface area contributed by atoms with E-state index in [0.717, 1.165) is 11.3 Å². The van der Waals surface area contributed by atoms with E-state index in [2.05, 4.69) is 6.07 Å². The second-order valence-corrected chi connectivity index (χ2v) is 7.44. The molecule has 0 radical (unpaired) electrons. The maximum absolute atomic E-state index is 9.31. The molecule has 23 heavy (non-hydrogen) atoms. The molecule has 1 aromatic rings. The van der Waals surface area contributed by atoms with Gasteiger partial charge in [0.25, 0.3) is 0 Å². The highest BCUT2D eigenvalue weighted by Crippen LogP contribution is 2.34. The van der Waals surface area contributed by atoms with E-state index in [1.54, 1.807) is 7.11 Å². The molecular weight excluding hydrogens is 310 g/mol. The molecule has 4 nitrogen and oxygen atoms in total. The van der Waals surface area contributed by atoms with Crippen molar-refractivity contribution in [2.45, 2.75) is 46.1 Å². The van der Waals surface area contributed by atoms with E-state index in [9.17, 15) is 5.26 Å². The predicted molar refractivity (Wildman–Crippen MR) is 95.0 cm³/mol. The smallest absolute Gasteiger partial charge is 0.179 e. The average molecular weight is 337 g/mol. The predicted octanol–water partition coefficient (Wildman–Crippen LogP) is 4.80. The van der Waals surface area contributed by atoms with Crippen LogP contribution in [0.1, 0.15) is 46.1 Å². The van der Waals surface area contributed by atoms with Gasteiger partial charge in [-0.15, -0.1) is 0 Å². The van der Waals surface area contributed by atoms with Crippen molar-refractivity contribution in [3.05, 3.63) is 23.8 Å². The lowest BCUT2D eigenvalue weighted by atomic mass is 9.90. The van der Waals surface area contributed by atoms with E-state index in [0.29, 0.717) is 18.1 Å². The maximum atomic E-state index is 9.31. The fourth-order valence-electron chi connectivity index (χ4n) is 2.04. The van der Waals surface area contributed by atoms with Crippen LogP contribution in [-0.4, -0.2) is 25.1 Å². The molecule has 0 spiro atoms. The molecule has 5 heteroatoms. The maximum Gasteiger partial charge on any atom is 0.179 e. The minimum absolute atomic E-state index is 0.136. The van der Waals surface area contributed by atoms with Gasteiger partial charge in [-0.2, -0.15) is 5.26 Å². The Bertz CT molecular complexity index is 532. The molecule has 1 unspecified atom stereocenters. The first kappa shape index (κ1) is 19.7. The first-order chi connectivity index (χ1) is 10.8. The Labute approximate surface area is 144 Å². The van der Waals surface area contributed by atoms with Gasteiger partial charge in [-0.05, 0) is 44.4 Å². The first-order valence-corrected chi connectivity index (χ1v) is 8.70. The molecule has 0 saturated heterocycles. The molecule has 0 aliphatic carbocycles. The van der Waals surface area contributed by atoms with Crippen LogP contribution in [0.25, 0.3) is 0 Å². The summed E-state index contributed by atoms with van der Waals surface area (Å²) in [6, 6.07) is 8.02.